The van der Waals surface area contributed by atoms with E-state index in [1.807, 2.05) is 24.5 Å². The zero-order valence-electron chi connectivity index (χ0n) is 18.1. The van der Waals surface area contributed by atoms with Crippen LogP contribution in [-0.2, 0) is 11.3 Å². The molecule has 0 saturated heterocycles. The van der Waals surface area contributed by atoms with Crippen molar-refractivity contribution in [2.24, 2.45) is 0 Å². The minimum atomic E-state index is -0.419. The maximum atomic E-state index is 12.6. The number of benzene rings is 2. The van der Waals surface area contributed by atoms with Crippen LogP contribution in [0.1, 0.15) is 34.7 Å². The number of amides is 2. The maximum Gasteiger partial charge on any atom is 0.251 e. The number of hydrogen-bond donors (Lipinski definition) is 2. The van der Waals surface area contributed by atoms with E-state index < -0.39 is 6.04 Å². The number of thioether (sulfide) groups is 1. The Morgan fingerprint density at radius 2 is 1.85 bits per heavy atom. The molecule has 2 N–H and O–H groups in total. The first-order chi connectivity index (χ1) is 15.8. The Bertz CT molecular complexity index is 1160. The van der Waals surface area contributed by atoms with Crippen LogP contribution >= 0.6 is 35.0 Å². The van der Waals surface area contributed by atoms with Gasteiger partial charge >= 0.3 is 0 Å². The molecular weight excluding hydrogens is 481 g/mol. The SMILES string of the molecule is C=CCn1c(SCC(=O)Nc2cc(Cl)ccc2C)nnc1[C@H](C)NC(=O)c1ccc(Cl)cc1. The number of rotatable bonds is 9. The summed E-state index contributed by atoms with van der Waals surface area (Å²) in [6, 6.07) is 11.5. The molecule has 0 spiro atoms. The molecule has 3 rings (SSSR count). The standard InChI is InChI=1S/C23H23Cl2N5O2S/c1-4-11-30-21(15(3)26-22(32)16-6-9-17(24)10-7-16)28-29-23(30)33-13-20(31)27-19-12-18(25)8-5-14(19)2/h4-10,12,15H,1,11,13H2,2-3H3,(H,26,32)(H,27,31)/t15-/m0/s1. The van der Waals surface area contributed by atoms with E-state index in [1.54, 1.807) is 42.5 Å². The Morgan fingerprint density at radius 1 is 1.15 bits per heavy atom. The zero-order chi connectivity index (χ0) is 24.0. The number of halogens is 2. The monoisotopic (exact) mass is 503 g/mol. The van der Waals surface area contributed by atoms with Crippen molar-refractivity contribution in [2.75, 3.05) is 11.1 Å². The molecule has 0 aliphatic heterocycles. The van der Waals surface area contributed by atoms with Crippen molar-refractivity contribution in [2.45, 2.75) is 31.6 Å². The normalized spacial score (nSPS) is 11.6. The van der Waals surface area contributed by atoms with Crippen molar-refractivity contribution in [3.05, 3.63) is 82.1 Å². The Balaban J connectivity index is 1.67. The second kappa shape index (κ2) is 11.4. The Labute approximate surface area is 206 Å². The van der Waals surface area contributed by atoms with Crippen LogP contribution in [0.25, 0.3) is 0 Å². The first-order valence-corrected chi connectivity index (χ1v) is 11.8. The van der Waals surface area contributed by atoms with E-state index in [4.69, 9.17) is 23.2 Å². The number of aryl methyl sites for hydroxylation is 1. The minimum Gasteiger partial charge on any atom is -0.342 e. The van der Waals surface area contributed by atoms with Crippen LogP contribution < -0.4 is 10.6 Å². The summed E-state index contributed by atoms with van der Waals surface area (Å²) in [4.78, 5) is 25.0. The molecule has 2 amide bonds. The Hall–Kier alpha value is -2.81. The van der Waals surface area contributed by atoms with Crippen molar-refractivity contribution < 1.29 is 9.59 Å². The molecule has 0 bridgehead atoms. The molecule has 172 valence electrons. The van der Waals surface area contributed by atoms with Gasteiger partial charge in [0.1, 0.15) is 0 Å². The second-order valence-electron chi connectivity index (χ2n) is 7.24. The molecule has 33 heavy (non-hydrogen) atoms. The van der Waals surface area contributed by atoms with Gasteiger partial charge in [0.2, 0.25) is 5.91 Å². The minimum absolute atomic E-state index is 0.132. The van der Waals surface area contributed by atoms with Crippen LogP contribution in [0.4, 0.5) is 5.69 Å². The van der Waals surface area contributed by atoms with Gasteiger partial charge in [0.25, 0.3) is 5.91 Å². The number of carbonyl (C=O) groups excluding carboxylic acids is 2. The van der Waals surface area contributed by atoms with Gasteiger partial charge in [-0.3, -0.25) is 9.59 Å². The van der Waals surface area contributed by atoms with Gasteiger partial charge in [0, 0.05) is 27.8 Å². The zero-order valence-corrected chi connectivity index (χ0v) is 20.5. The van der Waals surface area contributed by atoms with Crippen LogP contribution in [0.15, 0.2) is 60.3 Å². The van der Waals surface area contributed by atoms with E-state index in [9.17, 15) is 9.59 Å². The van der Waals surface area contributed by atoms with E-state index in [-0.39, 0.29) is 17.6 Å². The molecule has 1 heterocycles. The molecular formula is C23H23Cl2N5O2S. The number of carbonyl (C=O) groups is 2. The van der Waals surface area contributed by atoms with Crippen molar-refractivity contribution in [3.8, 4) is 0 Å². The summed E-state index contributed by atoms with van der Waals surface area (Å²) < 4.78 is 1.82. The molecule has 0 radical (unpaired) electrons. The Kier molecular flexibility index (Phi) is 8.55. The lowest BCUT2D eigenvalue weighted by Gasteiger charge is -2.15. The van der Waals surface area contributed by atoms with Gasteiger partial charge in [-0.1, -0.05) is 47.1 Å². The average Bonchev–Trinajstić information content (AvgIpc) is 3.18. The van der Waals surface area contributed by atoms with E-state index >= 15 is 0 Å². The fourth-order valence-electron chi connectivity index (χ4n) is 3.02. The van der Waals surface area contributed by atoms with Crippen LogP contribution in [0.3, 0.4) is 0 Å². The predicted octanol–water partition coefficient (Wildman–Crippen LogP) is 5.30. The highest BCUT2D eigenvalue weighted by Crippen LogP contribution is 2.23. The lowest BCUT2D eigenvalue weighted by Crippen LogP contribution is -2.28. The van der Waals surface area contributed by atoms with Gasteiger partial charge < -0.3 is 15.2 Å². The first kappa shape index (κ1) is 24.8. The van der Waals surface area contributed by atoms with Crippen molar-refractivity contribution in [3.63, 3.8) is 0 Å². The summed E-state index contributed by atoms with van der Waals surface area (Å²) in [6.07, 6.45) is 1.71. The van der Waals surface area contributed by atoms with Crippen molar-refractivity contribution in [1.29, 1.82) is 0 Å². The highest BCUT2D eigenvalue weighted by molar-refractivity contribution is 7.99. The van der Waals surface area contributed by atoms with Gasteiger partial charge in [0.15, 0.2) is 11.0 Å². The number of hydrogen-bond acceptors (Lipinski definition) is 5. The summed E-state index contributed by atoms with van der Waals surface area (Å²) in [5.41, 5.74) is 2.07. The molecule has 1 aromatic heterocycles. The predicted molar refractivity (Wildman–Crippen MR) is 133 cm³/mol. The van der Waals surface area contributed by atoms with Gasteiger partial charge in [0.05, 0.1) is 11.8 Å². The topological polar surface area (TPSA) is 88.9 Å². The summed E-state index contributed by atoms with van der Waals surface area (Å²) in [5.74, 6) is 0.250. The van der Waals surface area contributed by atoms with Gasteiger partial charge in [-0.25, -0.2) is 0 Å². The highest BCUT2D eigenvalue weighted by Gasteiger charge is 2.20. The third-order valence-electron chi connectivity index (χ3n) is 4.70. The smallest absolute Gasteiger partial charge is 0.251 e. The summed E-state index contributed by atoms with van der Waals surface area (Å²) >= 11 is 13.2. The molecule has 0 saturated carbocycles. The summed E-state index contributed by atoms with van der Waals surface area (Å²) in [6.45, 7) is 7.93. The van der Waals surface area contributed by atoms with Crippen LogP contribution in [-0.4, -0.2) is 32.3 Å². The highest BCUT2D eigenvalue weighted by atomic mass is 35.5. The molecule has 7 nitrogen and oxygen atoms in total. The molecule has 0 aliphatic rings. The van der Waals surface area contributed by atoms with Crippen LogP contribution in [0.5, 0.6) is 0 Å². The van der Waals surface area contributed by atoms with Gasteiger partial charge in [-0.2, -0.15) is 0 Å². The summed E-state index contributed by atoms with van der Waals surface area (Å²) in [7, 11) is 0. The third kappa shape index (κ3) is 6.60. The first-order valence-electron chi connectivity index (χ1n) is 10.1. The maximum absolute atomic E-state index is 12.6. The molecule has 1 atom stereocenters. The molecule has 2 aromatic carbocycles. The molecule has 0 fully saturated rings. The molecule has 0 aliphatic carbocycles. The van der Waals surface area contributed by atoms with Crippen LogP contribution in [0.2, 0.25) is 10.0 Å². The number of allylic oxidation sites excluding steroid dienone is 1. The number of aromatic nitrogens is 3. The van der Waals surface area contributed by atoms with E-state index in [1.165, 1.54) is 11.8 Å². The van der Waals surface area contributed by atoms with E-state index in [2.05, 4.69) is 27.4 Å². The van der Waals surface area contributed by atoms with Crippen LogP contribution in [0, 0.1) is 6.92 Å². The van der Waals surface area contributed by atoms with E-state index in [0.29, 0.717) is 38.8 Å². The lowest BCUT2D eigenvalue weighted by molar-refractivity contribution is -0.113. The average molecular weight is 504 g/mol. The van der Waals surface area contributed by atoms with Crippen molar-refractivity contribution >= 4 is 52.5 Å². The second-order valence-corrected chi connectivity index (χ2v) is 9.05. The quantitative estimate of drug-likeness (QED) is 0.305. The Morgan fingerprint density at radius 3 is 2.55 bits per heavy atom. The number of nitrogens with one attached hydrogen (secondary N) is 2. The number of anilines is 1. The van der Waals surface area contributed by atoms with Gasteiger partial charge in [-0.05, 0) is 55.8 Å². The van der Waals surface area contributed by atoms with E-state index in [0.717, 1.165) is 5.56 Å². The fraction of sp³-hybridized carbons (Fsp3) is 0.217. The number of nitrogens with zero attached hydrogens (tertiary/aromatic N) is 3. The van der Waals surface area contributed by atoms with Gasteiger partial charge in [-0.15, -0.1) is 16.8 Å². The fourth-order valence-corrected chi connectivity index (χ4v) is 4.07. The largest absolute Gasteiger partial charge is 0.342 e. The third-order valence-corrected chi connectivity index (χ3v) is 6.16. The molecule has 10 heteroatoms. The summed E-state index contributed by atoms with van der Waals surface area (Å²) in [5, 5.41) is 15.9. The molecule has 0 unspecified atom stereocenters. The molecule has 3 aromatic rings. The lowest BCUT2D eigenvalue weighted by atomic mass is 10.2. The van der Waals surface area contributed by atoms with Crippen molar-refractivity contribution in [1.82, 2.24) is 20.1 Å².